The number of carbonyl (C=O) groups excluding carboxylic acids is 1. The fraction of sp³-hybridized carbons (Fsp3) is 0.429. The van der Waals surface area contributed by atoms with Crippen molar-refractivity contribution in [3.05, 3.63) is 38.3 Å². The third-order valence-corrected chi connectivity index (χ3v) is 4.54. The molecule has 1 fully saturated rings. The summed E-state index contributed by atoms with van der Waals surface area (Å²) >= 11 is 3.22. The van der Waals surface area contributed by atoms with Crippen molar-refractivity contribution in [1.82, 2.24) is 5.32 Å². The molecule has 0 bridgehead atoms. The summed E-state index contributed by atoms with van der Waals surface area (Å²) in [6.07, 6.45) is 2.17. The minimum Gasteiger partial charge on any atom is -0.481 e. The summed E-state index contributed by atoms with van der Waals surface area (Å²) in [5, 5.41) is 22.4. The zero-order chi connectivity index (χ0) is 16.3. The van der Waals surface area contributed by atoms with Crippen molar-refractivity contribution >= 4 is 33.5 Å². The summed E-state index contributed by atoms with van der Waals surface area (Å²) in [7, 11) is 0. The highest BCUT2D eigenvalue weighted by Crippen LogP contribution is 2.35. The van der Waals surface area contributed by atoms with Gasteiger partial charge in [-0.2, -0.15) is 0 Å². The Morgan fingerprint density at radius 1 is 1.41 bits per heavy atom. The minimum absolute atomic E-state index is 0.0416. The number of non-ortho nitro benzene ring substituents is 1. The number of carboxylic acid groups (broad SMARTS) is 1. The van der Waals surface area contributed by atoms with E-state index in [0.717, 1.165) is 6.42 Å². The summed E-state index contributed by atoms with van der Waals surface area (Å²) in [5.41, 5.74) is -0.0823. The number of amides is 1. The number of rotatable bonds is 6. The number of benzene rings is 1. The average Bonchev–Trinajstić information content (AvgIpc) is 2.37. The number of carboxylic acids is 1. The van der Waals surface area contributed by atoms with Crippen LogP contribution >= 0.6 is 15.9 Å². The van der Waals surface area contributed by atoms with E-state index in [2.05, 4.69) is 21.2 Å². The fourth-order valence-electron chi connectivity index (χ4n) is 2.55. The number of halogens is 1. The Bertz CT molecular complexity index is 628. The standard InChI is InChI=1S/C14H15BrN2O5/c15-11-7-10(17(21)22)3-2-9(11)6-12(18)16-14(4-1-5-14)8-13(19)20/h2-3,7H,1,4-6,8H2,(H,16,18)(H,19,20). The van der Waals surface area contributed by atoms with Gasteiger partial charge in [-0.15, -0.1) is 0 Å². The van der Waals surface area contributed by atoms with Crippen LogP contribution in [0.2, 0.25) is 0 Å². The van der Waals surface area contributed by atoms with Crippen LogP contribution in [0.5, 0.6) is 0 Å². The molecule has 0 unspecified atom stereocenters. The van der Waals surface area contributed by atoms with Crippen LogP contribution in [0, 0.1) is 10.1 Å². The van der Waals surface area contributed by atoms with E-state index < -0.39 is 16.4 Å². The molecule has 2 rings (SSSR count). The fourth-order valence-corrected chi connectivity index (χ4v) is 3.05. The lowest BCUT2D eigenvalue weighted by Crippen LogP contribution is -2.55. The maximum atomic E-state index is 12.1. The van der Waals surface area contributed by atoms with Gasteiger partial charge in [-0.25, -0.2) is 0 Å². The number of aliphatic carboxylic acids is 1. The first-order valence-corrected chi connectivity index (χ1v) is 7.56. The highest BCUT2D eigenvalue weighted by atomic mass is 79.9. The predicted molar refractivity (Wildman–Crippen MR) is 81.5 cm³/mol. The third-order valence-electron chi connectivity index (χ3n) is 3.80. The van der Waals surface area contributed by atoms with Gasteiger partial charge in [0.15, 0.2) is 0 Å². The summed E-state index contributed by atoms with van der Waals surface area (Å²) in [5.74, 6) is -1.22. The number of hydrogen-bond donors (Lipinski definition) is 2. The molecule has 8 heteroatoms. The third kappa shape index (κ3) is 3.82. The van der Waals surface area contributed by atoms with Crippen LogP contribution in [-0.4, -0.2) is 27.4 Å². The average molecular weight is 371 g/mol. The van der Waals surface area contributed by atoms with Crippen LogP contribution in [-0.2, 0) is 16.0 Å². The normalized spacial score (nSPS) is 15.7. The van der Waals surface area contributed by atoms with Crippen molar-refractivity contribution in [1.29, 1.82) is 0 Å². The highest BCUT2D eigenvalue weighted by Gasteiger charge is 2.40. The molecule has 0 radical (unpaired) electrons. The summed E-state index contributed by atoms with van der Waals surface area (Å²) in [4.78, 5) is 33.2. The largest absolute Gasteiger partial charge is 0.481 e. The lowest BCUT2D eigenvalue weighted by Gasteiger charge is -2.41. The molecule has 1 aromatic carbocycles. The first-order valence-electron chi connectivity index (χ1n) is 6.77. The van der Waals surface area contributed by atoms with Crippen molar-refractivity contribution in [2.24, 2.45) is 0 Å². The first kappa shape index (κ1) is 16.4. The second kappa shape index (κ2) is 6.43. The van der Waals surface area contributed by atoms with Crippen LogP contribution < -0.4 is 5.32 Å². The molecule has 1 saturated carbocycles. The van der Waals surface area contributed by atoms with Crippen molar-refractivity contribution in [2.75, 3.05) is 0 Å². The van der Waals surface area contributed by atoms with Crippen LogP contribution in [0.3, 0.4) is 0 Å². The maximum Gasteiger partial charge on any atom is 0.305 e. The molecule has 0 spiro atoms. The molecule has 0 aromatic heterocycles. The van der Waals surface area contributed by atoms with E-state index in [1.54, 1.807) is 0 Å². The smallest absolute Gasteiger partial charge is 0.305 e. The van der Waals surface area contributed by atoms with Crippen molar-refractivity contribution < 1.29 is 19.6 Å². The van der Waals surface area contributed by atoms with Gasteiger partial charge in [0.25, 0.3) is 5.69 Å². The van der Waals surface area contributed by atoms with E-state index in [0.29, 0.717) is 22.9 Å². The number of nitrogens with one attached hydrogen (secondary N) is 1. The molecule has 7 nitrogen and oxygen atoms in total. The van der Waals surface area contributed by atoms with Crippen molar-refractivity contribution in [2.45, 2.75) is 37.6 Å². The van der Waals surface area contributed by atoms with E-state index in [4.69, 9.17) is 5.11 Å². The Labute approximate surface area is 135 Å². The molecule has 2 N–H and O–H groups in total. The molecule has 1 aromatic rings. The lowest BCUT2D eigenvalue weighted by atomic mass is 9.74. The van der Waals surface area contributed by atoms with Gasteiger partial charge in [-0.3, -0.25) is 19.7 Å². The van der Waals surface area contributed by atoms with E-state index in [1.807, 2.05) is 0 Å². The Morgan fingerprint density at radius 3 is 2.55 bits per heavy atom. The molecular formula is C14H15BrN2O5. The second-order valence-electron chi connectivity index (χ2n) is 5.46. The number of nitrogens with zero attached hydrogens (tertiary/aromatic N) is 1. The molecular weight excluding hydrogens is 356 g/mol. The van der Waals surface area contributed by atoms with Crippen LogP contribution in [0.1, 0.15) is 31.2 Å². The monoisotopic (exact) mass is 370 g/mol. The lowest BCUT2D eigenvalue weighted by molar-refractivity contribution is -0.384. The van der Waals surface area contributed by atoms with Gasteiger partial charge in [0.05, 0.1) is 23.3 Å². The SMILES string of the molecule is O=C(O)CC1(NC(=O)Cc2ccc([N+](=O)[O-])cc2Br)CCC1. The summed E-state index contributed by atoms with van der Waals surface area (Å²) in [6.45, 7) is 0. The predicted octanol–water partition coefficient (Wildman–Crippen LogP) is 2.41. The zero-order valence-corrected chi connectivity index (χ0v) is 13.3. The van der Waals surface area contributed by atoms with Crippen LogP contribution in [0.15, 0.2) is 22.7 Å². The minimum atomic E-state index is -0.934. The quantitative estimate of drug-likeness (QED) is 0.590. The molecule has 0 aliphatic heterocycles. The number of carbonyl (C=O) groups is 2. The molecule has 1 aliphatic rings. The van der Waals surface area contributed by atoms with Gasteiger partial charge in [0.1, 0.15) is 0 Å². The van der Waals surface area contributed by atoms with Gasteiger partial charge >= 0.3 is 5.97 Å². The molecule has 0 saturated heterocycles. The summed E-state index contributed by atoms with van der Waals surface area (Å²) < 4.78 is 0.484. The Morgan fingerprint density at radius 2 is 2.09 bits per heavy atom. The number of nitro benzene ring substituents is 1. The van der Waals surface area contributed by atoms with Gasteiger partial charge in [-0.05, 0) is 24.8 Å². The first-order chi connectivity index (χ1) is 10.3. The van der Waals surface area contributed by atoms with Gasteiger partial charge in [0, 0.05) is 16.6 Å². The maximum absolute atomic E-state index is 12.1. The molecule has 1 amide bonds. The van der Waals surface area contributed by atoms with E-state index >= 15 is 0 Å². The van der Waals surface area contributed by atoms with Crippen molar-refractivity contribution in [3.63, 3.8) is 0 Å². The van der Waals surface area contributed by atoms with Gasteiger partial charge < -0.3 is 10.4 Å². The molecule has 22 heavy (non-hydrogen) atoms. The Hall–Kier alpha value is -1.96. The Kier molecular flexibility index (Phi) is 4.80. The van der Waals surface area contributed by atoms with E-state index in [-0.39, 0.29) is 24.4 Å². The van der Waals surface area contributed by atoms with E-state index in [9.17, 15) is 19.7 Å². The molecule has 118 valence electrons. The number of hydrogen-bond acceptors (Lipinski definition) is 4. The van der Waals surface area contributed by atoms with Crippen LogP contribution in [0.4, 0.5) is 5.69 Å². The molecule has 0 atom stereocenters. The topological polar surface area (TPSA) is 110 Å². The number of nitro groups is 1. The van der Waals surface area contributed by atoms with Crippen molar-refractivity contribution in [3.8, 4) is 0 Å². The second-order valence-corrected chi connectivity index (χ2v) is 6.32. The summed E-state index contributed by atoms with van der Waals surface area (Å²) in [6, 6.07) is 4.20. The van der Waals surface area contributed by atoms with E-state index in [1.165, 1.54) is 18.2 Å². The zero-order valence-electron chi connectivity index (χ0n) is 11.7. The van der Waals surface area contributed by atoms with Gasteiger partial charge in [-0.1, -0.05) is 22.0 Å². The molecule has 0 heterocycles. The van der Waals surface area contributed by atoms with Crippen LogP contribution in [0.25, 0.3) is 0 Å². The highest BCUT2D eigenvalue weighted by molar-refractivity contribution is 9.10. The molecule has 1 aliphatic carbocycles. The Balaban J connectivity index is 2.03. The van der Waals surface area contributed by atoms with Gasteiger partial charge in [0.2, 0.25) is 5.91 Å².